The first-order valence-electron chi connectivity index (χ1n) is 7.27. The van der Waals surface area contributed by atoms with E-state index >= 15 is 0 Å². The van der Waals surface area contributed by atoms with Crippen molar-refractivity contribution in [1.82, 2.24) is 0 Å². The van der Waals surface area contributed by atoms with Crippen molar-refractivity contribution in [3.05, 3.63) is 0 Å². The molecule has 0 radical (unpaired) electrons. The van der Waals surface area contributed by atoms with Gasteiger partial charge < -0.3 is 4.74 Å². The maximum atomic E-state index is 12.2. The summed E-state index contributed by atoms with van der Waals surface area (Å²) < 4.78 is 4.70. The summed E-state index contributed by atoms with van der Waals surface area (Å²) in [6.45, 7) is 0. The molecule has 0 aliphatic heterocycles. The molecular weight excluding hydrogens is 244 g/mol. The van der Waals surface area contributed by atoms with Crippen LogP contribution < -0.4 is 0 Å². The molecule has 4 nitrogen and oxygen atoms in total. The molecule has 1 atom stereocenters. The van der Waals surface area contributed by atoms with Gasteiger partial charge in [-0.2, -0.15) is 0 Å². The van der Waals surface area contributed by atoms with E-state index in [1.165, 1.54) is 7.11 Å². The third-order valence-corrected chi connectivity index (χ3v) is 4.55. The van der Waals surface area contributed by atoms with Crippen LogP contribution in [0.2, 0.25) is 0 Å². The molecule has 19 heavy (non-hydrogen) atoms. The van der Waals surface area contributed by atoms with E-state index in [4.69, 9.17) is 4.74 Å². The highest BCUT2D eigenvalue weighted by Crippen LogP contribution is 2.33. The lowest BCUT2D eigenvalue weighted by Gasteiger charge is -2.27. The van der Waals surface area contributed by atoms with Gasteiger partial charge in [-0.3, -0.25) is 14.4 Å². The molecule has 2 fully saturated rings. The van der Waals surface area contributed by atoms with Crippen LogP contribution in [0.1, 0.15) is 51.4 Å². The molecule has 2 saturated carbocycles. The van der Waals surface area contributed by atoms with Crippen molar-refractivity contribution >= 4 is 17.5 Å². The average molecular weight is 266 g/mol. The molecule has 0 aromatic carbocycles. The first-order valence-corrected chi connectivity index (χ1v) is 7.27. The van der Waals surface area contributed by atoms with Crippen LogP contribution in [0.5, 0.6) is 0 Å². The molecule has 0 aromatic heterocycles. The summed E-state index contributed by atoms with van der Waals surface area (Å²) in [5.41, 5.74) is 0. The Labute approximate surface area is 113 Å². The number of carbonyl (C=O) groups is 3. The van der Waals surface area contributed by atoms with E-state index in [1.54, 1.807) is 0 Å². The summed E-state index contributed by atoms with van der Waals surface area (Å²) >= 11 is 0. The number of ether oxygens (including phenoxy) is 1. The number of Topliss-reactive ketones (excluding diaryl/α,β-unsaturated/α-hetero) is 2. The number of rotatable bonds is 6. The van der Waals surface area contributed by atoms with E-state index in [2.05, 4.69) is 0 Å². The molecule has 0 heterocycles. The number of methoxy groups -OCH3 is 1. The van der Waals surface area contributed by atoms with Gasteiger partial charge >= 0.3 is 5.97 Å². The second kappa shape index (κ2) is 6.31. The van der Waals surface area contributed by atoms with Crippen LogP contribution in [0, 0.1) is 17.8 Å². The summed E-state index contributed by atoms with van der Waals surface area (Å²) in [5.74, 6) is -1.38. The lowest BCUT2D eigenvalue weighted by Crippen LogP contribution is -2.36. The van der Waals surface area contributed by atoms with Crippen molar-refractivity contribution in [3.8, 4) is 0 Å². The Morgan fingerprint density at radius 1 is 1.00 bits per heavy atom. The fraction of sp³-hybridized carbons (Fsp3) is 0.800. The lowest BCUT2D eigenvalue weighted by atomic mass is 9.76. The van der Waals surface area contributed by atoms with Crippen molar-refractivity contribution in [2.75, 3.05) is 7.11 Å². The highest BCUT2D eigenvalue weighted by atomic mass is 16.5. The van der Waals surface area contributed by atoms with Crippen LogP contribution in [0.3, 0.4) is 0 Å². The van der Waals surface area contributed by atoms with E-state index in [9.17, 15) is 14.4 Å². The van der Waals surface area contributed by atoms with Gasteiger partial charge in [0.1, 0.15) is 11.7 Å². The van der Waals surface area contributed by atoms with Gasteiger partial charge in [-0.25, -0.2) is 0 Å². The summed E-state index contributed by atoms with van der Waals surface area (Å²) in [7, 11) is 1.28. The highest BCUT2D eigenvalue weighted by molar-refractivity contribution is 6.03. The van der Waals surface area contributed by atoms with Gasteiger partial charge in [-0.1, -0.05) is 19.3 Å². The van der Waals surface area contributed by atoms with Crippen LogP contribution in [0.4, 0.5) is 0 Å². The zero-order valence-corrected chi connectivity index (χ0v) is 11.5. The van der Waals surface area contributed by atoms with Crippen LogP contribution in [0.15, 0.2) is 0 Å². The minimum absolute atomic E-state index is 0.0273. The van der Waals surface area contributed by atoms with Gasteiger partial charge in [0.15, 0.2) is 5.78 Å². The van der Waals surface area contributed by atoms with Gasteiger partial charge in [-0.05, 0) is 25.7 Å². The van der Waals surface area contributed by atoms with E-state index in [1.807, 2.05) is 0 Å². The maximum absolute atomic E-state index is 12.2. The van der Waals surface area contributed by atoms with Crippen molar-refractivity contribution in [1.29, 1.82) is 0 Å². The van der Waals surface area contributed by atoms with E-state index in [-0.39, 0.29) is 29.8 Å². The van der Waals surface area contributed by atoms with E-state index in [0.29, 0.717) is 0 Å². The third-order valence-electron chi connectivity index (χ3n) is 4.55. The molecule has 2 rings (SSSR count). The predicted octanol–water partition coefficient (Wildman–Crippen LogP) is 2.29. The Hall–Kier alpha value is -1.19. The number of esters is 1. The van der Waals surface area contributed by atoms with Crippen molar-refractivity contribution < 1.29 is 19.1 Å². The Balaban J connectivity index is 1.98. The zero-order valence-electron chi connectivity index (χ0n) is 11.5. The molecule has 0 aromatic rings. The number of hydrogen-bond donors (Lipinski definition) is 0. The molecule has 1 unspecified atom stereocenters. The lowest BCUT2D eigenvalue weighted by molar-refractivity contribution is -0.153. The molecular formula is C15H22O4. The fourth-order valence-corrected chi connectivity index (χ4v) is 3.04. The Morgan fingerprint density at radius 2 is 1.58 bits per heavy atom. The normalized spacial score (nSPS) is 21.7. The minimum atomic E-state index is -0.858. The third kappa shape index (κ3) is 3.23. The fourth-order valence-electron chi connectivity index (χ4n) is 3.04. The van der Waals surface area contributed by atoms with Crippen molar-refractivity contribution in [2.45, 2.75) is 51.4 Å². The van der Waals surface area contributed by atoms with Gasteiger partial charge in [-0.15, -0.1) is 0 Å². The molecule has 0 bridgehead atoms. The second-order valence-electron chi connectivity index (χ2n) is 5.76. The molecule has 2 aliphatic rings. The quantitative estimate of drug-likeness (QED) is 0.546. The highest BCUT2D eigenvalue weighted by Gasteiger charge is 2.38. The molecule has 0 N–H and O–H groups in total. The van der Waals surface area contributed by atoms with E-state index < -0.39 is 11.9 Å². The maximum Gasteiger partial charge on any atom is 0.316 e. The molecule has 0 saturated heterocycles. The van der Waals surface area contributed by atoms with Gasteiger partial charge in [0.2, 0.25) is 0 Å². The van der Waals surface area contributed by atoms with Crippen LogP contribution in [-0.2, 0) is 19.1 Å². The Bertz CT molecular complexity index is 364. The number of carbonyl (C=O) groups excluding carboxylic acids is 3. The topological polar surface area (TPSA) is 60.4 Å². The zero-order chi connectivity index (χ0) is 13.8. The summed E-state index contributed by atoms with van der Waals surface area (Å²) in [4.78, 5) is 36.1. The van der Waals surface area contributed by atoms with Gasteiger partial charge in [0, 0.05) is 18.3 Å². The molecule has 0 amide bonds. The van der Waals surface area contributed by atoms with Gasteiger partial charge in [0.05, 0.1) is 7.11 Å². The first kappa shape index (κ1) is 14.2. The summed E-state index contributed by atoms with van der Waals surface area (Å²) in [6.07, 6.45) is 6.77. The van der Waals surface area contributed by atoms with Crippen LogP contribution in [0.25, 0.3) is 0 Å². The molecule has 4 heteroatoms. The molecule has 2 aliphatic carbocycles. The molecule has 0 spiro atoms. The Kier molecular flexibility index (Phi) is 4.72. The predicted molar refractivity (Wildman–Crippen MR) is 69.4 cm³/mol. The molecule has 106 valence electrons. The van der Waals surface area contributed by atoms with Crippen molar-refractivity contribution in [2.24, 2.45) is 17.8 Å². The summed E-state index contributed by atoms with van der Waals surface area (Å²) in [5, 5.41) is 0. The van der Waals surface area contributed by atoms with Crippen LogP contribution in [-0.4, -0.2) is 24.6 Å². The van der Waals surface area contributed by atoms with Crippen LogP contribution >= 0.6 is 0 Å². The number of hydrogen-bond acceptors (Lipinski definition) is 4. The largest absolute Gasteiger partial charge is 0.468 e. The smallest absolute Gasteiger partial charge is 0.316 e. The minimum Gasteiger partial charge on any atom is -0.468 e. The monoisotopic (exact) mass is 266 g/mol. The van der Waals surface area contributed by atoms with Gasteiger partial charge in [0.25, 0.3) is 0 Å². The summed E-state index contributed by atoms with van der Waals surface area (Å²) in [6, 6.07) is 0. The standard InChI is InChI=1S/C15H22O4/c1-19-15(18)12(14(17)11-7-4-8-11)9-13(16)10-5-2-3-6-10/h10-12H,2-9H2,1H3. The average Bonchev–Trinajstić information content (AvgIpc) is 2.86. The second-order valence-corrected chi connectivity index (χ2v) is 5.76. The number of ketones is 2. The van der Waals surface area contributed by atoms with Crippen molar-refractivity contribution in [3.63, 3.8) is 0 Å². The Morgan fingerprint density at radius 3 is 2.05 bits per heavy atom. The first-order chi connectivity index (χ1) is 9.13. The SMILES string of the molecule is COC(=O)C(CC(=O)C1CCCC1)C(=O)C1CCC1. The van der Waals surface area contributed by atoms with E-state index in [0.717, 1.165) is 44.9 Å².